The number of thioether (sulfide) groups is 3. The van der Waals surface area contributed by atoms with Crippen LogP contribution in [0.3, 0.4) is 0 Å². The first kappa shape index (κ1) is 38.7. The van der Waals surface area contributed by atoms with Crippen LogP contribution in [-0.2, 0) is 0 Å². The van der Waals surface area contributed by atoms with Gasteiger partial charge < -0.3 is 29.8 Å². The molecule has 8 rings (SSSR count). The van der Waals surface area contributed by atoms with E-state index in [0.29, 0.717) is 36.6 Å². The van der Waals surface area contributed by atoms with Gasteiger partial charge in [0.1, 0.15) is 0 Å². The third-order valence-electron chi connectivity index (χ3n) is 13.3. The predicted molar refractivity (Wildman–Crippen MR) is 227 cm³/mol. The number of aliphatic imine (C=N–C) groups is 4. The van der Waals surface area contributed by atoms with Gasteiger partial charge in [-0.25, -0.2) is 0 Å². The first-order valence-corrected chi connectivity index (χ1v) is 24.8. The van der Waals surface area contributed by atoms with Gasteiger partial charge in [0.25, 0.3) is 0 Å². The molecule has 2 N–H and O–H groups in total. The van der Waals surface area contributed by atoms with Crippen LogP contribution in [-0.4, -0.2) is 177 Å². The van der Waals surface area contributed by atoms with E-state index in [9.17, 15) is 10.2 Å². The van der Waals surface area contributed by atoms with Crippen LogP contribution < -0.4 is 0 Å². The zero-order valence-electron chi connectivity index (χ0n) is 32.1. The minimum absolute atomic E-state index is 0.123. The fraction of sp³-hybridized carbons (Fsp3) is 0.900. The van der Waals surface area contributed by atoms with E-state index < -0.39 is 0 Å². The van der Waals surface area contributed by atoms with Crippen molar-refractivity contribution in [2.24, 2.45) is 43.6 Å². The van der Waals surface area contributed by atoms with E-state index in [1.807, 2.05) is 0 Å². The lowest BCUT2D eigenvalue weighted by molar-refractivity contribution is 0.188. The van der Waals surface area contributed by atoms with Crippen molar-refractivity contribution in [3.8, 4) is 0 Å². The number of nitrogens with zero attached hydrogens (tertiary/aromatic N) is 8. The standard InChI is InChI=1S/C40H66N8O2S3/c49-21-29-1-9-45-14-6-34(42-37(45)17-29)26-52-24-31-3-11-47-16-8-36(44-39(47)19-31)28-53-25-32-4-12-48-15-7-35(43-40(48)20-32)27-51-23-30-2-10-46-13-5-33(22-50)41-38(46)18-30/h29-36,49-50H,1-28H2/t29-,30-,31-,32-,33+,34+,35+,36+/m0/s1. The number of amidine groups is 4. The maximum atomic E-state index is 9.64. The van der Waals surface area contributed by atoms with E-state index in [1.54, 1.807) is 0 Å². The molecule has 0 unspecified atom stereocenters. The Bertz CT molecular complexity index is 1350. The molecule has 0 aliphatic carbocycles. The highest BCUT2D eigenvalue weighted by Crippen LogP contribution is 2.33. The molecule has 0 aromatic heterocycles. The molecular weight excluding hydrogens is 721 g/mol. The molecule has 0 bridgehead atoms. The first-order chi connectivity index (χ1) is 26.1. The van der Waals surface area contributed by atoms with Crippen LogP contribution in [0.2, 0.25) is 0 Å². The predicted octanol–water partition coefficient (Wildman–Crippen LogP) is 4.70. The molecule has 0 spiro atoms. The Morgan fingerprint density at radius 3 is 1.04 bits per heavy atom. The summed E-state index contributed by atoms with van der Waals surface area (Å²) in [5, 5.41) is 19.2. The number of aliphatic hydroxyl groups is 2. The van der Waals surface area contributed by atoms with E-state index in [1.165, 1.54) is 117 Å². The lowest BCUT2D eigenvalue weighted by atomic mass is 9.95. The molecule has 0 aromatic rings. The minimum atomic E-state index is 0.123. The van der Waals surface area contributed by atoms with Crippen molar-refractivity contribution in [3.63, 3.8) is 0 Å². The molecule has 296 valence electrons. The Balaban J connectivity index is 0.732. The molecule has 0 radical (unpaired) electrons. The highest BCUT2D eigenvalue weighted by molar-refractivity contribution is 7.99. The van der Waals surface area contributed by atoms with Crippen LogP contribution in [0.5, 0.6) is 0 Å². The van der Waals surface area contributed by atoms with Gasteiger partial charge in [0, 0.05) is 102 Å². The molecule has 4 saturated heterocycles. The van der Waals surface area contributed by atoms with Crippen LogP contribution in [0.4, 0.5) is 0 Å². The van der Waals surface area contributed by atoms with Crippen molar-refractivity contribution >= 4 is 58.6 Å². The van der Waals surface area contributed by atoms with Crippen LogP contribution in [0.25, 0.3) is 0 Å². The van der Waals surface area contributed by atoms with Crippen molar-refractivity contribution in [2.75, 3.05) is 100 Å². The quantitative estimate of drug-likeness (QED) is 0.260. The first-order valence-electron chi connectivity index (χ1n) is 21.3. The summed E-state index contributed by atoms with van der Waals surface area (Å²) in [4.78, 5) is 30.8. The zero-order valence-corrected chi connectivity index (χ0v) is 34.6. The van der Waals surface area contributed by atoms with Gasteiger partial charge in [-0.3, -0.25) is 20.0 Å². The number of aliphatic hydroxyl groups excluding tert-OH is 2. The fourth-order valence-corrected chi connectivity index (χ4v) is 13.6. The molecule has 8 atom stereocenters. The molecule has 8 aliphatic rings. The Labute approximate surface area is 332 Å². The molecule has 53 heavy (non-hydrogen) atoms. The number of piperidine rings is 4. The third-order valence-corrected chi connectivity index (χ3v) is 17.3. The van der Waals surface area contributed by atoms with E-state index >= 15 is 0 Å². The van der Waals surface area contributed by atoms with Gasteiger partial charge in [-0.15, -0.1) is 0 Å². The summed E-state index contributed by atoms with van der Waals surface area (Å²) in [6.07, 6.45) is 14.0. The lowest BCUT2D eigenvalue weighted by Gasteiger charge is -2.40. The normalized spacial score (nSPS) is 34.6. The topological polar surface area (TPSA) is 103 Å². The molecule has 0 amide bonds. The Morgan fingerprint density at radius 2 is 0.679 bits per heavy atom. The summed E-state index contributed by atoms with van der Waals surface area (Å²) in [6, 6.07) is 1.54. The molecular formula is C40H66N8O2S3. The van der Waals surface area contributed by atoms with Crippen molar-refractivity contribution in [3.05, 3.63) is 0 Å². The largest absolute Gasteiger partial charge is 0.396 e. The van der Waals surface area contributed by atoms with Gasteiger partial charge in [-0.2, -0.15) is 35.3 Å². The van der Waals surface area contributed by atoms with Crippen molar-refractivity contribution in [1.82, 2.24) is 19.6 Å². The van der Waals surface area contributed by atoms with Gasteiger partial charge in [-0.05, 0) is 92.3 Å². The van der Waals surface area contributed by atoms with Gasteiger partial charge in [0.05, 0.1) is 54.1 Å². The molecule has 8 heterocycles. The second kappa shape index (κ2) is 18.9. The zero-order chi connectivity index (χ0) is 36.0. The lowest BCUT2D eigenvalue weighted by Crippen LogP contribution is -2.45. The van der Waals surface area contributed by atoms with E-state index in [-0.39, 0.29) is 12.6 Å². The molecule has 10 nitrogen and oxygen atoms in total. The van der Waals surface area contributed by atoms with Crippen LogP contribution >= 0.6 is 35.3 Å². The Hall–Kier alpha value is -1.15. The Morgan fingerprint density at radius 1 is 0.377 bits per heavy atom. The summed E-state index contributed by atoms with van der Waals surface area (Å²) in [7, 11) is 0. The Kier molecular flexibility index (Phi) is 13.8. The molecule has 0 aromatic carbocycles. The van der Waals surface area contributed by atoms with Crippen LogP contribution in [0.15, 0.2) is 20.0 Å². The van der Waals surface area contributed by atoms with Crippen molar-refractivity contribution in [1.29, 1.82) is 0 Å². The monoisotopic (exact) mass is 786 g/mol. The third kappa shape index (κ3) is 10.2. The SMILES string of the molecule is OC[C@H]1CCN2CC[C@H](CSC[C@H]3CCN4CC[C@H](CSC[C@H]5CCN6CC[C@H](CSC[C@H]7CCN8CC[C@H](CO)N=C8C7)N=C6C5)N=C4C3)N=C2C1. The summed E-state index contributed by atoms with van der Waals surface area (Å²) < 4.78 is 0. The minimum Gasteiger partial charge on any atom is -0.396 e. The maximum Gasteiger partial charge on any atom is 0.0996 e. The average molecular weight is 787 g/mol. The number of fused-ring (bicyclic) bond motifs is 4. The smallest absolute Gasteiger partial charge is 0.0996 e. The summed E-state index contributed by atoms with van der Waals surface area (Å²) in [5.41, 5.74) is 0. The highest BCUT2D eigenvalue weighted by Gasteiger charge is 2.33. The number of rotatable bonds is 14. The van der Waals surface area contributed by atoms with Gasteiger partial charge in [-0.1, -0.05) is 0 Å². The molecule has 8 aliphatic heterocycles. The second-order valence-electron chi connectivity index (χ2n) is 17.3. The van der Waals surface area contributed by atoms with Gasteiger partial charge in [0.15, 0.2) is 0 Å². The van der Waals surface area contributed by atoms with Crippen molar-refractivity contribution in [2.45, 2.75) is 101 Å². The van der Waals surface area contributed by atoms with Crippen LogP contribution in [0.1, 0.15) is 77.0 Å². The number of hydrogen-bond acceptors (Lipinski definition) is 13. The molecule has 13 heteroatoms. The molecule has 4 fully saturated rings. The molecule has 0 saturated carbocycles. The van der Waals surface area contributed by atoms with Gasteiger partial charge >= 0.3 is 0 Å². The summed E-state index contributed by atoms with van der Waals surface area (Å²) >= 11 is 6.41. The van der Waals surface area contributed by atoms with Gasteiger partial charge in [0.2, 0.25) is 0 Å². The van der Waals surface area contributed by atoms with Crippen molar-refractivity contribution < 1.29 is 10.2 Å². The maximum absolute atomic E-state index is 9.64. The average Bonchev–Trinajstić information content (AvgIpc) is 3.20. The summed E-state index contributed by atoms with van der Waals surface area (Å²) in [6.45, 7) is 9.69. The second-order valence-corrected chi connectivity index (χ2v) is 20.5. The van der Waals surface area contributed by atoms with Crippen LogP contribution in [0, 0.1) is 23.7 Å². The fourth-order valence-electron chi connectivity index (χ4n) is 9.84. The van der Waals surface area contributed by atoms with E-state index in [4.69, 9.17) is 20.0 Å². The summed E-state index contributed by atoms with van der Waals surface area (Å²) in [5.74, 6) is 15.1. The number of hydrogen-bond donors (Lipinski definition) is 2. The highest BCUT2D eigenvalue weighted by atomic mass is 32.2. The van der Waals surface area contributed by atoms with E-state index in [2.05, 4.69) is 54.9 Å². The van der Waals surface area contributed by atoms with E-state index in [0.717, 1.165) is 81.6 Å².